The molecule has 5 nitrogen and oxygen atoms in total. The molecule has 0 unspecified atom stereocenters. The predicted octanol–water partition coefficient (Wildman–Crippen LogP) is 4.52. The summed E-state index contributed by atoms with van der Waals surface area (Å²) in [6.45, 7) is 2.12. The van der Waals surface area contributed by atoms with Gasteiger partial charge in [0.25, 0.3) is 0 Å². The highest BCUT2D eigenvalue weighted by Gasteiger charge is 2.12. The van der Waals surface area contributed by atoms with Gasteiger partial charge in [-0.15, -0.1) is 0 Å². The van der Waals surface area contributed by atoms with Crippen molar-refractivity contribution in [2.75, 3.05) is 0 Å². The molecule has 0 spiro atoms. The Bertz CT molecular complexity index is 948. The zero-order valence-electron chi connectivity index (χ0n) is 13.4. The van der Waals surface area contributed by atoms with E-state index in [1.807, 2.05) is 23.9 Å². The number of phenols is 1. The minimum Gasteiger partial charge on any atom is -0.507 e. The zero-order chi connectivity index (χ0) is 17.3. The maximum absolute atomic E-state index is 10.1. The molecule has 24 heavy (non-hydrogen) atoms. The third-order valence-electron chi connectivity index (χ3n) is 3.69. The molecule has 0 atom stereocenters. The lowest BCUT2D eigenvalue weighted by Crippen LogP contribution is -1.98. The fourth-order valence-corrected chi connectivity index (χ4v) is 2.98. The number of aromatic nitrogens is 4. The van der Waals surface area contributed by atoms with Crippen LogP contribution in [0.5, 0.6) is 5.75 Å². The molecule has 2 N–H and O–H groups in total. The molecule has 2 heterocycles. The van der Waals surface area contributed by atoms with E-state index in [4.69, 9.17) is 23.8 Å². The van der Waals surface area contributed by atoms with Crippen molar-refractivity contribution in [3.8, 4) is 28.4 Å². The number of H-pyrrole nitrogens is 1. The molecule has 0 saturated heterocycles. The molecule has 3 rings (SSSR count). The van der Waals surface area contributed by atoms with Gasteiger partial charge in [0, 0.05) is 17.6 Å². The summed E-state index contributed by atoms with van der Waals surface area (Å²) >= 11 is 11.3. The van der Waals surface area contributed by atoms with Gasteiger partial charge >= 0.3 is 0 Å². The summed E-state index contributed by atoms with van der Waals surface area (Å²) in [6.07, 6.45) is 1.95. The van der Waals surface area contributed by atoms with Crippen LogP contribution >= 0.6 is 23.8 Å². The molecule has 0 radical (unpaired) electrons. The van der Waals surface area contributed by atoms with Gasteiger partial charge in [-0.05, 0) is 49.0 Å². The fraction of sp³-hybridized carbons (Fsp3) is 0.235. The van der Waals surface area contributed by atoms with Crippen LogP contribution in [0.25, 0.3) is 22.6 Å². The summed E-state index contributed by atoms with van der Waals surface area (Å²) < 4.78 is 2.15. The summed E-state index contributed by atoms with van der Waals surface area (Å²) in [4.78, 5) is 7.41. The molecule has 0 aliphatic heterocycles. The van der Waals surface area contributed by atoms with Gasteiger partial charge in [0.15, 0.2) is 4.77 Å². The Kier molecular flexibility index (Phi) is 4.69. The Balaban J connectivity index is 2.13. The molecule has 2 aromatic heterocycles. The van der Waals surface area contributed by atoms with Crippen molar-refractivity contribution in [2.24, 2.45) is 7.05 Å². The van der Waals surface area contributed by atoms with Crippen LogP contribution < -0.4 is 0 Å². The highest BCUT2D eigenvalue weighted by Crippen LogP contribution is 2.32. The number of hydrogen-bond acceptors (Lipinski definition) is 4. The highest BCUT2D eigenvalue weighted by atomic mass is 35.5. The second-order valence-corrected chi connectivity index (χ2v) is 6.36. The maximum atomic E-state index is 10.1. The van der Waals surface area contributed by atoms with E-state index in [1.54, 1.807) is 18.2 Å². The summed E-state index contributed by atoms with van der Waals surface area (Å²) in [5, 5.41) is 15.1. The van der Waals surface area contributed by atoms with E-state index in [2.05, 4.69) is 22.0 Å². The van der Waals surface area contributed by atoms with Crippen molar-refractivity contribution in [3.05, 3.63) is 45.8 Å². The number of nitrogens with one attached hydrogen (secondary N) is 1. The van der Waals surface area contributed by atoms with Crippen molar-refractivity contribution in [2.45, 2.75) is 19.8 Å². The van der Waals surface area contributed by atoms with E-state index in [1.165, 1.54) is 0 Å². The molecule has 3 aromatic rings. The first-order valence-electron chi connectivity index (χ1n) is 7.61. The molecular weight excluding hydrogens is 344 g/mol. The standard InChI is InChI=1S/C17H17ClN4OS/c1-3-4-11-8-15(22(2)21-11)14-9-13(19-17(24)20-14)12-7-10(18)5-6-16(12)23/h5-9,23H,3-4H2,1-2H3,(H,19,20,24). The number of benzene rings is 1. The Labute approximate surface area is 150 Å². The normalized spacial score (nSPS) is 11.0. The zero-order valence-corrected chi connectivity index (χ0v) is 14.9. The second-order valence-electron chi connectivity index (χ2n) is 5.54. The SMILES string of the molecule is CCCc1cc(-c2cc(-c3cc(Cl)ccc3O)nc(=S)[nH]2)n(C)n1. The first-order chi connectivity index (χ1) is 11.5. The van der Waals surface area contributed by atoms with Gasteiger partial charge in [-0.3, -0.25) is 4.68 Å². The number of aromatic amines is 1. The Morgan fingerprint density at radius 2 is 2.08 bits per heavy atom. The Morgan fingerprint density at radius 1 is 1.29 bits per heavy atom. The van der Waals surface area contributed by atoms with E-state index >= 15 is 0 Å². The third-order valence-corrected chi connectivity index (χ3v) is 4.12. The first-order valence-corrected chi connectivity index (χ1v) is 8.40. The number of halogens is 1. The van der Waals surface area contributed by atoms with Gasteiger partial charge in [-0.25, -0.2) is 4.98 Å². The van der Waals surface area contributed by atoms with Crippen molar-refractivity contribution in [1.29, 1.82) is 0 Å². The van der Waals surface area contributed by atoms with Gasteiger partial charge in [0.2, 0.25) is 0 Å². The van der Waals surface area contributed by atoms with Crippen LogP contribution in [0.3, 0.4) is 0 Å². The maximum Gasteiger partial charge on any atom is 0.197 e. The lowest BCUT2D eigenvalue weighted by atomic mass is 10.1. The Hall–Kier alpha value is -2.18. The molecule has 0 aliphatic carbocycles. The summed E-state index contributed by atoms with van der Waals surface area (Å²) in [5.74, 6) is 0.107. The van der Waals surface area contributed by atoms with Gasteiger partial charge in [-0.2, -0.15) is 5.10 Å². The number of aryl methyl sites for hydroxylation is 2. The molecule has 1 aromatic carbocycles. The largest absolute Gasteiger partial charge is 0.507 e. The minimum absolute atomic E-state index is 0.107. The van der Waals surface area contributed by atoms with Crippen LogP contribution in [-0.4, -0.2) is 24.9 Å². The van der Waals surface area contributed by atoms with Gasteiger partial charge in [0.1, 0.15) is 5.75 Å². The van der Waals surface area contributed by atoms with E-state index in [9.17, 15) is 5.11 Å². The average molecular weight is 361 g/mol. The van der Waals surface area contributed by atoms with Gasteiger partial charge < -0.3 is 10.1 Å². The predicted molar refractivity (Wildman–Crippen MR) is 97.7 cm³/mol. The summed E-state index contributed by atoms with van der Waals surface area (Å²) in [7, 11) is 1.89. The van der Waals surface area contributed by atoms with Crippen molar-refractivity contribution in [3.63, 3.8) is 0 Å². The lowest BCUT2D eigenvalue weighted by Gasteiger charge is -2.08. The van der Waals surface area contributed by atoms with Crippen molar-refractivity contribution >= 4 is 23.8 Å². The molecule has 0 aliphatic rings. The first kappa shape index (κ1) is 16.7. The smallest absolute Gasteiger partial charge is 0.197 e. The molecular formula is C17H17ClN4OS. The monoisotopic (exact) mass is 360 g/mol. The molecule has 0 amide bonds. The topological polar surface area (TPSA) is 66.7 Å². The van der Waals surface area contributed by atoms with E-state index in [-0.39, 0.29) is 5.75 Å². The summed E-state index contributed by atoms with van der Waals surface area (Å²) in [6, 6.07) is 8.72. The van der Waals surface area contributed by atoms with Crippen molar-refractivity contribution in [1.82, 2.24) is 19.7 Å². The highest BCUT2D eigenvalue weighted by molar-refractivity contribution is 7.71. The number of aromatic hydroxyl groups is 1. The van der Waals surface area contributed by atoms with Gasteiger partial charge in [0.05, 0.1) is 22.8 Å². The number of hydrogen-bond donors (Lipinski definition) is 2. The van der Waals surface area contributed by atoms with Crippen LogP contribution in [0.15, 0.2) is 30.3 Å². The lowest BCUT2D eigenvalue weighted by molar-refractivity contribution is 0.477. The van der Waals surface area contributed by atoms with Gasteiger partial charge in [-0.1, -0.05) is 24.9 Å². The third kappa shape index (κ3) is 3.34. The molecule has 0 bridgehead atoms. The van der Waals surface area contributed by atoms with Crippen LogP contribution in [0, 0.1) is 4.77 Å². The number of rotatable bonds is 4. The van der Waals surface area contributed by atoms with Crippen LogP contribution in [0.2, 0.25) is 5.02 Å². The molecule has 7 heteroatoms. The van der Waals surface area contributed by atoms with E-state index in [0.29, 0.717) is 21.1 Å². The molecule has 0 saturated carbocycles. The van der Waals surface area contributed by atoms with Crippen molar-refractivity contribution < 1.29 is 5.11 Å². The number of phenolic OH excluding ortho intramolecular Hbond substituents is 1. The summed E-state index contributed by atoms with van der Waals surface area (Å²) in [5.41, 5.74) is 3.83. The quantitative estimate of drug-likeness (QED) is 0.671. The van der Waals surface area contributed by atoms with E-state index in [0.717, 1.165) is 29.9 Å². The van der Waals surface area contributed by atoms with Crippen LogP contribution in [0.1, 0.15) is 19.0 Å². The van der Waals surface area contributed by atoms with Crippen LogP contribution in [0.4, 0.5) is 0 Å². The molecule has 0 fully saturated rings. The number of nitrogens with zero attached hydrogens (tertiary/aromatic N) is 3. The second kappa shape index (κ2) is 6.75. The fourth-order valence-electron chi connectivity index (χ4n) is 2.60. The van der Waals surface area contributed by atoms with Crippen LogP contribution in [-0.2, 0) is 13.5 Å². The Morgan fingerprint density at radius 3 is 2.83 bits per heavy atom. The average Bonchev–Trinajstić information content (AvgIpc) is 2.90. The van der Waals surface area contributed by atoms with E-state index < -0.39 is 0 Å². The molecule has 124 valence electrons. The minimum atomic E-state index is 0.107.